The number of benzene rings is 1. The molecule has 0 bridgehead atoms. The maximum Gasteiger partial charge on any atom is 0.319 e. The first kappa shape index (κ1) is 15.3. The van der Waals surface area contributed by atoms with Gasteiger partial charge in [-0.1, -0.05) is 13.0 Å². The molecule has 7 heteroatoms. The van der Waals surface area contributed by atoms with Crippen molar-refractivity contribution in [3.8, 4) is 11.8 Å². The first-order valence-corrected chi connectivity index (χ1v) is 5.84. The van der Waals surface area contributed by atoms with Crippen molar-refractivity contribution in [3.05, 3.63) is 23.8 Å². The Morgan fingerprint density at radius 2 is 2.20 bits per heavy atom. The van der Waals surface area contributed by atoms with Crippen molar-refractivity contribution in [1.29, 1.82) is 5.26 Å². The Morgan fingerprint density at radius 1 is 1.50 bits per heavy atom. The fourth-order valence-electron chi connectivity index (χ4n) is 1.41. The van der Waals surface area contributed by atoms with Crippen LogP contribution in [-0.4, -0.2) is 30.8 Å². The number of ether oxygens (including phenoxy) is 1. The van der Waals surface area contributed by atoms with E-state index in [2.05, 4.69) is 10.6 Å². The van der Waals surface area contributed by atoms with Crippen molar-refractivity contribution in [3.63, 3.8) is 0 Å². The monoisotopic (exact) mass is 277 g/mol. The molecule has 1 aromatic carbocycles. The van der Waals surface area contributed by atoms with Gasteiger partial charge in [0.15, 0.2) is 0 Å². The SMILES string of the molecule is COc1cccc(C#N)c1NC(=O)NCC(C)C(=O)O. The summed E-state index contributed by atoms with van der Waals surface area (Å²) in [5.41, 5.74) is 0.503. The second-order valence-corrected chi connectivity index (χ2v) is 4.07. The number of para-hydroxylation sites is 1. The van der Waals surface area contributed by atoms with Crippen molar-refractivity contribution in [2.45, 2.75) is 6.92 Å². The van der Waals surface area contributed by atoms with E-state index >= 15 is 0 Å². The number of nitriles is 1. The van der Waals surface area contributed by atoms with Crippen LogP contribution in [0.4, 0.5) is 10.5 Å². The first-order valence-electron chi connectivity index (χ1n) is 5.84. The van der Waals surface area contributed by atoms with Gasteiger partial charge in [-0.2, -0.15) is 5.26 Å². The molecule has 20 heavy (non-hydrogen) atoms. The summed E-state index contributed by atoms with van der Waals surface area (Å²) in [4.78, 5) is 22.3. The molecule has 1 rings (SSSR count). The number of nitrogens with zero attached hydrogens (tertiary/aromatic N) is 1. The second-order valence-electron chi connectivity index (χ2n) is 4.07. The van der Waals surface area contributed by atoms with Gasteiger partial charge < -0.3 is 20.5 Å². The minimum atomic E-state index is -1.000. The number of anilines is 1. The van der Waals surface area contributed by atoms with Crippen molar-refractivity contribution in [2.75, 3.05) is 19.0 Å². The zero-order chi connectivity index (χ0) is 15.1. The number of carbonyl (C=O) groups is 2. The minimum absolute atomic E-state index is 0.0157. The maximum atomic E-state index is 11.7. The molecule has 0 aliphatic carbocycles. The predicted molar refractivity (Wildman–Crippen MR) is 71.5 cm³/mol. The van der Waals surface area contributed by atoms with Crippen LogP contribution in [0.15, 0.2) is 18.2 Å². The van der Waals surface area contributed by atoms with E-state index in [0.29, 0.717) is 5.75 Å². The van der Waals surface area contributed by atoms with Gasteiger partial charge in [0.25, 0.3) is 0 Å². The molecule has 7 nitrogen and oxygen atoms in total. The average molecular weight is 277 g/mol. The van der Waals surface area contributed by atoms with E-state index in [-0.39, 0.29) is 17.8 Å². The van der Waals surface area contributed by atoms with Crippen LogP contribution >= 0.6 is 0 Å². The lowest BCUT2D eigenvalue weighted by Crippen LogP contribution is -2.34. The van der Waals surface area contributed by atoms with Crippen LogP contribution in [-0.2, 0) is 4.79 Å². The van der Waals surface area contributed by atoms with Gasteiger partial charge >= 0.3 is 12.0 Å². The third kappa shape index (κ3) is 3.88. The molecule has 106 valence electrons. The number of amides is 2. The predicted octanol–water partition coefficient (Wildman–Crippen LogP) is 1.41. The molecule has 0 spiro atoms. The molecule has 0 saturated carbocycles. The minimum Gasteiger partial charge on any atom is -0.495 e. The van der Waals surface area contributed by atoms with Crippen molar-refractivity contribution in [2.24, 2.45) is 5.92 Å². The second kappa shape index (κ2) is 6.99. The Bertz CT molecular complexity index is 551. The van der Waals surface area contributed by atoms with Crippen LogP contribution in [0.25, 0.3) is 0 Å². The summed E-state index contributed by atoms with van der Waals surface area (Å²) >= 11 is 0. The third-order valence-electron chi connectivity index (χ3n) is 2.60. The molecule has 0 aliphatic rings. The van der Waals surface area contributed by atoms with E-state index in [9.17, 15) is 9.59 Å². The first-order chi connectivity index (χ1) is 9.49. The Balaban J connectivity index is 2.76. The molecule has 1 unspecified atom stereocenters. The van der Waals surface area contributed by atoms with E-state index in [1.165, 1.54) is 20.1 Å². The number of hydrogen-bond donors (Lipinski definition) is 3. The fraction of sp³-hybridized carbons (Fsp3) is 0.308. The lowest BCUT2D eigenvalue weighted by atomic mass is 10.2. The molecular weight excluding hydrogens is 262 g/mol. The highest BCUT2D eigenvalue weighted by Gasteiger charge is 2.15. The summed E-state index contributed by atoms with van der Waals surface area (Å²) in [7, 11) is 1.42. The normalized spacial score (nSPS) is 11.1. The van der Waals surface area contributed by atoms with E-state index in [1.54, 1.807) is 12.1 Å². The lowest BCUT2D eigenvalue weighted by Gasteiger charge is -2.13. The quantitative estimate of drug-likeness (QED) is 0.753. The molecule has 0 heterocycles. The van der Waals surface area contributed by atoms with Gasteiger partial charge in [0.2, 0.25) is 0 Å². The van der Waals surface area contributed by atoms with Crippen LogP contribution < -0.4 is 15.4 Å². The lowest BCUT2D eigenvalue weighted by molar-refractivity contribution is -0.140. The van der Waals surface area contributed by atoms with E-state index in [4.69, 9.17) is 15.1 Å². The van der Waals surface area contributed by atoms with Gasteiger partial charge in [0.05, 0.1) is 18.6 Å². The summed E-state index contributed by atoms with van der Waals surface area (Å²) in [6.45, 7) is 1.46. The van der Waals surface area contributed by atoms with Crippen molar-refractivity contribution in [1.82, 2.24) is 5.32 Å². The molecule has 1 atom stereocenters. The number of carboxylic acids is 1. The third-order valence-corrected chi connectivity index (χ3v) is 2.60. The Labute approximate surface area is 116 Å². The molecule has 0 radical (unpaired) electrons. The number of carbonyl (C=O) groups excluding carboxylic acids is 1. The van der Waals surface area contributed by atoms with Gasteiger partial charge in [-0.25, -0.2) is 4.79 Å². The summed E-state index contributed by atoms with van der Waals surface area (Å²) in [6, 6.07) is 6.12. The summed E-state index contributed by atoms with van der Waals surface area (Å²) in [6.07, 6.45) is 0. The van der Waals surface area contributed by atoms with Crippen LogP contribution in [0.5, 0.6) is 5.75 Å². The fourth-order valence-corrected chi connectivity index (χ4v) is 1.41. The molecule has 2 amide bonds. The highest BCUT2D eigenvalue weighted by atomic mass is 16.5. The van der Waals surface area contributed by atoms with Crippen LogP contribution in [0, 0.1) is 17.2 Å². The van der Waals surface area contributed by atoms with E-state index in [1.807, 2.05) is 6.07 Å². The molecule has 0 aliphatic heterocycles. The van der Waals surface area contributed by atoms with Crippen LogP contribution in [0.2, 0.25) is 0 Å². The van der Waals surface area contributed by atoms with Gasteiger partial charge in [0.1, 0.15) is 17.5 Å². The van der Waals surface area contributed by atoms with Crippen LogP contribution in [0.1, 0.15) is 12.5 Å². The van der Waals surface area contributed by atoms with Gasteiger partial charge in [-0.15, -0.1) is 0 Å². The highest BCUT2D eigenvalue weighted by molar-refractivity contribution is 5.93. The number of urea groups is 1. The number of carboxylic acid groups (broad SMARTS) is 1. The summed E-state index contributed by atoms with van der Waals surface area (Å²) < 4.78 is 5.06. The van der Waals surface area contributed by atoms with Crippen molar-refractivity contribution >= 4 is 17.7 Å². The van der Waals surface area contributed by atoms with Gasteiger partial charge in [0, 0.05) is 6.54 Å². The summed E-state index contributed by atoms with van der Waals surface area (Å²) in [5.74, 6) is -1.35. The summed E-state index contributed by atoms with van der Waals surface area (Å²) in [5, 5.41) is 22.6. The van der Waals surface area contributed by atoms with E-state index < -0.39 is 17.9 Å². The molecule has 0 fully saturated rings. The molecule has 3 N–H and O–H groups in total. The smallest absolute Gasteiger partial charge is 0.319 e. The zero-order valence-corrected chi connectivity index (χ0v) is 11.1. The zero-order valence-electron chi connectivity index (χ0n) is 11.1. The van der Waals surface area contributed by atoms with Crippen molar-refractivity contribution < 1.29 is 19.4 Å². The number of hydrogen-bond acceptors (Lipinski definition) is 4. The number of rotatable bonds is 5. The number of nitrogens with one attached hydrogen (secondary N) is 2. The van der Waals surface area contributed by atoms with Crippen LogP contribution in [0.3, 0.4) is 0 Å². The Morgan fingerprint density at radius 3 is 2.75 bits per heavy atom. The topological polar surface area (TPSA) is 111 Å². The number of methoxy groups -OCH3 is 1. The molecular formula is C13H15N3O4. The molecule has 0 aromatic heterocycles. The van der Waals surface area contributed by atoms with E-state index in [0.717, 1.165) is 0 Å². The Hall–Kier alpha value is -2.75. The highest BCUT2D eigenvalue weighted by Crippen LogP contribution is 2.27. The Kier molecular flexibility index (Phi) is 5.35. The average Bonchev–Trinajstić information content (AvgIpc) is 2.44. The van der Waals surface area contributed by atoms with Gasteiger partial charge in [-0.05, 0) is 12.1 Å². The maximum absolute atomic E-state index is 11.7. The molecule has 1 aromatic rings. The largest absolute Gasteiger partial charge is 0.495 e. The molecule has 0 saturated heterocycles. The standard InChI is InChI=1S/C13H15N3O4/c1-8(12(17)18)7-15-13(19)16-11-9(6-14)4-3-5-10(11)20-2/h3-5,8H,7H2,1-2H3,(H,17,18)(H2,15,16,19). The number of aliphatic carboxylic acids is 1. The van der Waals surface area contributed by atoms with Gasteiger partial charge in [-0.3, -0.25) is 4.79 Å².